The Morgan fingerprint density at radius 1 is 1.26 bits per heavy atom. The number of piperidine rings is 1. The molecule has 2 N–H and O–H groups in total. The molecule has 1 rings (SSSR count). The van der Waals surface area contributed by atoms with Crippen LogP contribution in [-0.4, -0.2) is 53.1 Å². The topological polar surface area (TPSA) is 70.0 Å². The molecule has 1 fully saturated rings. The number of aliphatic hydroxyl groups is 2. The second kappa shape index (κ2) is 7.10. The van der Waals surface area contributed by atoms with Gasteiger partial charge in [0, 0.05) is 32.2 Å². The number of carbonyl (C=O) groups is 1. The van der Waals surface area contributed by atoms with Gasteiger partial charge in [-0.1, -0.05) is 0 Å². The first-order valence-corrected chi connectivity index (χ1v) is 7.05. The van der Waals surface area contributed by atoms with Crippen molar-refractivity contribution >= 4 is 6.09 Å². The molecule has 112 valence electrons. The molecule has 0 aliphatic carbocycles. The first kappa shape index (κ1) is 16.2. The molecule has 1 saturated heterocycles. The molecular formula is C14H27NO4. The summed E-state index contributed by atoms with van der Waals surface area (Å²) >= 11 is 0. The zero-order valence-corrected chi connectivity index (χ0v) is 12.3. The van der Waals surface area contributed by atoms with E-state index < -0.39 is 5.60 Å². The minimum atomic E-state index is -0.452. The van der Waals surface area contributed by atoms with Gasteiger partial charge in [0.2, 0.25) is 0 Å². The van der Waals surface area contributed by atoms with Gasteiger partial charge >= 0.3 is 6.09 Å². The molecule has 5 heteroatoms. The van der Waals surface area contributed by atoms with E-state index in [4.69, 9.17) is 14.9 Å². The minimum Gasteiger partial charge on any atom is -0.444 e. The highest BCUT2D eigenvalue weighted by atomic mass is 16.6. The first-order chi connectivity index (χ1) is 8.85. The predicted molar refractivity (Wildman–Crippen MR) is 72.8 cm³/mol. The third-order valence-corrected chi connectivity index (χ3v) is 3.45. The van der Waals surface area contributed by atoms with Gasteiger partial charge in [0.1, 0.15) is 5.60 Å². The second-order valence-electron chi connectivity index (χ2n) is 6.38. The molecule has 0 bridgehead atoms. The van der Waals surface area contributed by atoms with Crippen LogP contribution in [0.25, 0.3) is 0 Å². The van der Waals surface area contributed by atoms with E-state index >= 15 is 0 Å². The highest BCUT2D eigenvalue weighted by Gasteiger charge is 2.27. The van der Waals surface area contributed by atoms with Gasteiger partial charge in [-0.05, 0) is 46.0 Å². The summed E-state index contributed by atoms with van der Waals surface area (Å²) in [5.41, 5.74) is -0.452. The number of amides is 1. The highest BCUT2D eigenvalue weighted by molar-refractivity contribution is 5.68. The smallest absolute Gasteiger partial charge is 0.410 e. The van der Waals surface area contributed by atoms with Crippen molar-refractivity contribution in [2.45, 2.75) is 45.6 Å². The van der Waals surface area contributed by atoms with Crippen LogP contribution >= 0.6 is 0 Å². The molecule has 0 aromatic heterocycles. The number of likely N-dealkylation sites (tertiary alicyclic amines) is 1. The van der Waals surface area contributed by atoms with Crippen LogP contribution in [0, 0.1) is 11.8 Å². The van der Waals surface area contributed by atoms with Crippen molar-refractivity contribution < 1.29 is 19.7 Å². The summed E-state index contributed by atoms with van der Waals surface area (Å²) in [6.45, 7) is 7.05. The molecule has 1 aliphatic heterocycles. The van der Waals surface area contributed by atoms with Gasteiger partial charge in [-0.25, -0.2) is 4.79 Å². The lowest BCUT2D eigenvalue weighted by molar-refractivity contribution is 0.0163. The van der Waals surface area contributed by atoms with E-state index in [2.05, 4.69) is 0 Å². The van der Waals surface area contributed by atoms with Crippen molar-refractivity contribution in [3.8, 4) is 0 Å². The molecule has 0 aromatic rings. The molecule has 0 atom stereocenters. The van der Waals surface area contributed by atoms with Crippen LogP contribution in [0.3, 0.4) is 0 Å². The maximum absolute atomic E-state index is 11.9. The van der Waals surface area contributed by atoms with E-state index in [1.54, 1.807) is 4.90 Å². The maximum Gasteiger partial charge on any atom is 0.410 e. The average Bonchev–Trinajstić information content (AvgIpc) is 2.34. The Hall–Kier alpha value is -0.810. The Kier molecular flexibility index (Phi) is 6.07. The van der Waals surface area contributed by atoms with Gasteiger partial charge in [0.25, 0.3) is 0 Å². The zero-order valence-electron chi connectivity index (χ0n) is 12.3. The van der Waals surface area contributed by atoms with Crippen LogP contribution < -0.4 is 0 Å². The van der Waals surface area contributed by atoms with Gasteiger partial charge in [0.05, 0.1) is 0 Å². The predicted octanol–water partition coefficient (Wildman–Crippen LogP) is 1.62. The quantitative estimate of drug-likeness (QED) is 0.816. The molecule has 0 saturated carbocycles. The number of carbonyl (C=O) groups excluding carboxylic acids is 1. The van der Waals surface area contributed by atoms with Gasteiger partial charge in [-0.3, -0.25) is 0 Å². The third-order valence-electron chi connectivity index (χ3n) is 3.45. The van der Waals surface area contributed by atoms with Crippen molar-refractivity contribution in [1.82, 2.24) is 4.90 Å². The summed E-state index contributed by atoms with van der Waals surface area (Å²) in [6.07, 6.45) is 2.41. The number of nitrogens with zero attached hydrogens (tertiary/aromatic N) is 1. The lowest BCUT2D eigenvalue weighted by atomic mass is 9.88. The van der Waals surface area contributed by atoms with Crippen LogP contribution in [-0.2, 0) is 4.74 Å². The number of aliphatic hydroxyl groups excluding tert-OH is 2. The van der Waals surface area contributed by atoms with E-state index in [0.29, 0.717) is 19.0 Å². The van der Waals surface area contributed by atoms with E-state index in [1.807, 2.05) is 20.8 Å². The molecule has 5 nitrogen and oxygen atoms in total. The molecule has 0 radical (unpaired) electrons. The van der Waals surface area contributed by atoms with Crippen LogP contribution in [0.1, 0.15) is 40.0 Å². The summed E-state index contributed by atoms with van der Waals surface area (Å²) in [6, 6.07) is 0. The van der Waals surface area contributed by atoms with Crippen LogP contribution in [0.5, 0.6) is 0 Å². The first-order valence-electron chi connectivity index (χ1n) is 7.05. The Morgan fingerprint density at radius 2 is 1.79 bits per heavy atom. The summed E-state index contributed by atoms with van der Waals surface area (Å²) in [5, 5.41) is 18.2. The van der Waals surface area contributed by atoms with Gasteiger partial charge in [-0.2, -0.15) is 0 Å². The lowest BCUT2D eigenvalue weighted by Gasteiger charge is -2.34. The fourth-order valence-electron chi connectivity index (χ4n) is 2.36. The lowest BCUT2D eigenvalue weighted by Crippen LogP contribution is -2.42. The third kappa shape index (κ3) is 5.78. The molecule has 1 amide bonds. The van der Waals surface area contributed by atoms with Crippen molar-refractivity contribution in [1.29, 1.82) is 0 Å². The standard InChI is InChI=1S/C14H27NO4/c1-14(2,3)19-13(18)15-6-4-11(5-7-15)8-12(9-16)10-17/h11-12,16-17H,4-10H2,1-3H3. The van der Waals surface area contributed by atoms with E-state index in [-0.39, 0.29) is 25.2 Å². The van der Waals surface area contributed by atoms with Crippen molar-refractivity contribution in [2.24, 2.45) is 11.8 Å². The number of ether oxygens (including phenoxy) is 1. The molecule has 0 aromatic carbocycles. The summed E-state index contributed by atoms with van der Waals surface area (Å²) in [7, 11) is 0. The van der Waals surface area contributed by atoms with Crippen molar-refractivity contribution in [3.63, 3.8) is 0 Å². The number of hydrogen-bond acceptors (Lipinski definition) is 4. The highest BCUT2D eigenvalue weighted by Crippen LogP contribution is 2.25. The molecule has 0 unspecified atom stereocenters. The summed E-state index contributed by atoms with van der Waals surface area (Å²) < 4.78 is 5.34. The van der Waals surface area contributed by atoms with Crippen molar-refractivity contribution in [3.05, 3.63) is 0 Å². The molecule has 0 spiro atoms. The zero-order chi connectivity index (χ0) is 14.5. The Balaban J connectivity index is 2.34. The second-order valence-corrected chi connectivity index (χ2v) is 6.38. The summed E-state index contributed by atoms with van der Waals surface area (Å²) in [4.78, 5) is 13.6. The Bertz CT molecular complexity index is 276. The average molecular weight is 273 g/mol. The van der Waals surface area contributed by atoms with Crippen LogP contribution in [0.15, 0.2) is 0 Å². The molecule has 1 heterocycles. The summed E-state index contributed by atoms with van der Waals surface area (Å²) in [5.74, 6) is 0.445. The normalized spacial score (nSPS) is 17.9. The fourth-order valence-corrected chi connectivity index (χ4v) is 2.36. The molecule has 1 aliphatic rings. The van der Waals surface area contributed by atoms with Gasteiger partial charge in [0.15, 0.2) is 0 Å². The largest absolute Gasteiger partial charge is 0.444 e. The van der Waals surface area contributed by atoms with Gasteiger partial charge in [-0.15, -0.1) is 0 Å². The van der Waals surface area contributed by atoms with Gasteiger partial charge < -0.3 is 19.8 Å². The molecule has 19 heavy (non-hydrogen) atoms. The fraction of sp³-hybridized carbons (Fsp3) is 0.929. The monoisotopic (exact) mass is 273 g/mol. The van der Waals surface area contributed by atoms with Crippen LogP contribution in [0.2, 0.25) is 0 Å². The molecular weight excluding hydrogens is 246 g/mol. The maximum atomic E-state index is 11.9. The van der Waals surface area contributed by atoms with Crippen LogP contribution in [0.4, 0.5) is 4.79 Å². The minimum absolute atomic E-state index is 0.0296. The Morgan fingerprint density at radius 3 is 2.21 bits per heavy atom. The van der Waals surface area contributed by atoms with E-state index in [0.717, 1.165) is 19.3 Å². The van der Waals surface area contributed by atoms with E-state index in [9.17, 15) is 4.79 Å². The van der Waals surface area contributed by atoms with E-state index in [1.165, 1.54) is 0 Å². The van der Waals surface area contributed by atoms with Crippen molar-refractivity contribution in [2.75, 3.05) is 26.3 Å². The SMILES string of the molecule is CC(C)(C)OC(=O)N1CCC(CC(CO)CO)CC1. The number of hydrogen-bond donors (Lipinski definition) is 2. The number of rotatable bonds is 4. The Labute approximate surface area is 115 Å².